The highest BCUT2D eigenvalue weighted by Crippen LogP contribution is 2.37. The van der Waals surface area contributed by atoms with Crippen molar-refractivity contribution in [2.75, 3.05) is 18.4 Å². The van der Waals surface area contributed by atoms with Crippen LogP contribution in [0.2, 0.25) is 10.0 Å². The molecule has 0 saturated heterocycles. The summed E-state index contributed by atoms with van der Waals surface area (Å²) < 4.78 is 16.2. The Labute approximate surface area is 190 Å². The van der Waals surface area contributed by atoms with Gasteiger partial charge in [0.1, 0.15) is 5.82 Å². The van der Waals surface area contributed by atoms with Crippen LogP contribution in [0.3, 0.4) is 0 Å². The van der Waals surface area contributed by atoms with Crippen LogP contribution in [0.5, 0.6) is 0 Å². The van der Waals surface area contributed by atoms with Crippen molar-refractivity contribution in [1.29, 1.82) is 0 Å². The molecule has 0 bridgehead atoms. The van der Waals surface area contributed by atoms with Gasteiger partial charge in [-0.05, 0) is 48.7 Å². The maximum Gasteiger partial charge on any atom is 0.204 e. The molecule has 4 aromatic rings. The lowest BCUT2D eigenvalue weighted by molar-refractivity contribution is 0.607. The smallest absolute Gasteiger partial charge is 0.204 e. The van der Waals surface area contributed by atoms with Gasteiger partial charge in [0.25, 0.3) is 0 Å². The van der Waals surface area contributed by atoms with Crippen LogP contribution in [-0.4, -0.2) is 22.6 Å². The Balaban J connectivity index is 1.92. The molecule has 4 nitrogen and oxygen atoms in total. The third-order valence-electron chi connectivity index (χ3n) is 5.25. The molecule has 160 valence electrons. The number of halogens is 3. The average molecular weight is 457 g/mol. The molecule has 1 heterocycles. The van der Waals surface area contributed by atoms with Crippen LogP contribution in [0.1, 0.15) is 16.7 Å². The number of hydrogen-bond acceptors (Lipinski definition) is 3. The molecule has 31 heavy (non-hydrogen) atoms. The molecule has 1 aromatic heterocycles. The van der Waals surface area contributed by atoms with E-state index in [1.54, 1.807) is 13.8 Å². The topological polar surface area (TPSA) is 55.9 Å². The van der Waals surface area contributed by atoms with E-state index in [0.29, 0.717) is 46.8 Å². The van der Waals surface area contributed by atoms with E-state index >= 15 is 0 Å². The van der Waals surface area contributed by atoms with E-state index in [-0.39, 0.29) is 5.82 Å². The van der Waals surface area contributed by atoms with Crippen LogP contribution in [-0.2, 0) is 6.54 Å². The van der Waals surface area contributed by atoms with E-state index in [9.17, 15) is 4.39 Å². The molecule has 0 fully saturated rings. The third-order valence-corrected chi connectivity index (χ3v) is 5.79. The first-order chi connectivity index (χ1) is 14.9. The van der Waals surface area contributed by atoms with Gasteiger partial charge in [0.2, 0.25) is 5.95 Å². The summed E-state index contributed by atoms with van der Waals surface area (Å²) in [6.07, 6.45) is 0. The van der Waals surface area contributed by atoms with Crippen molar-refractivity contribution in [2.45, 2.75) is 20.4 Å². The Morgan fingerprint density at radius 2 is 1.74 bits per heavy atom. The Kier molecular flexibility index (Phi) is 6.19. The molecule has 0 radical (unpaired) electrons. The van der Waals surface area contributed by atoms with Crippen molar-refractivity contribution in [2.24, 2.45) is 5.73 Å². The van der Waals surface area contributed by atoms with Gasteiger partial charge in [-0.3, -0.25) is 0 Å². The fourth-order valence-electron chi connectivity index (χ4n) is 3.86. The summed E-state index contributed by atoms with van der Waals surface area (Å²) in [6.45, 7) is 5.10. The minimum absolute atomic E-state index is 0.176. The zero-order valence-electron chi connectivity index (χ0n) is 17.3. The summed E-state index contributed by atoms with van der Waals surface area (Å²) in [7, 11) is 0. The molecule has 3 aromatic carbocycles. The molecule has 0 aliphatic carbocycles. The Bertz CT molecular complexity index is 1240. The second-order valence-electron chi connectivity index (χ2n) is 7.58. The van der Waals surface area contributed by atoms with Crippen LogP contribution in [0.15, 0.2) is 48.5 Å². The minimum atomic E-state index is -0.176. The molecule has 0 amide bonds. The number of rotatable bonds is 6. The molecule has 0 aliphatic rings. The number of nitrogens with two attached hydrogens (primary N) is 1. The van der Waals surface area contributed by atoms with E-state index in [4.69, 9.17) is 33.9 Å². The summed E-state index contributed by atoms with van der Waals surface area (Å²) in [5.41, 5.74) is 11.3. The average Bonchev–Trinajstić information content (AvgIpc) is 3.07. The van der Waals surface area contributed by atoms with Gasteiger partial charge in [0, 0.05) is 34.3 Å². The Morgan fingerprint density at radius 3 is 2.42 bits per heavy atom. The Morgan fingerprint density at radius 1 is 1.03 bits per heavy atom. The summed E-state index contributed by atoms with van der Waals surface area (Å²) in [5.74, 6) is 0.500. The van der Waals surface area contributed by atoms with E-state index in [1.807, 2.05) is 53.1 Å². The molecule has 0 spiro atoms. The van der Waals surface area contributed by atoms with Crippen molar-refractivity contribution >= 4 is 40.2 Å². The lowest BCUT2D eigenvalue weighted by atomic mass is 10.0. The van der Waals surface area contributed by atoms with Gasteiger partial charge >= 0.3 is 0 Å². The Hall–Kier alpha value is -2.60. The van der Waals surface area contributed by atoms with E-state index in [0.717, 1.165) is 27.7 Å². The van der Waals surface area contributed by atoms with E-state index in [2.05, 4.69) is 5.32 Å². The molecule has 0 unspecified atom stereocenters. The highest BCUT2D eigenvalue weighted by atomic mass is 35.5. The predicted octanol–water partition coefficient (Wildman–Crippen LogP) is 6.18. The predicted molar refractivity (Wildman–Crippen MR) is 128 cm³/mol. The highest BCUT2D eigenvalue weighted by Gasteiger charge is 2.18. The quantitative estimate of drug-likeness (QED) is 0.363. The molecule has 0 saturated carbocycles. The molecule has 0 aliphatic heterocycles. The SMILES string of the molecule is Cc1cc(Cn2c(NCCN)nc3c(-c4ccccc4Cl)cc(Cl)cc32)cc(C)c1F. The summed E-state index contributed by atoms with van der Waals surface area (Å²) in [4.78, 5) is 4.87. The van der Waals surface area contributed by atoms with Crippen LogP contribution in [0.25, 0.3) is 22.2 Å². The number of aryl methyl sites for hydroxylation is 2. The van der Waals surface area contributed by atoms with Gasteiger partial charge in [-0.2, -0.15) is 0 Å². The number of aromatic nitrogens is 2. The molecular weight excluding hydrogens is 434 g/mol. The van der Waals surface area contributed by atoms with Crippen LogP contribution in [0.4, 0.5) is 10.3 Å². The fraction of sp³-hybridized carbons (Fsp3) is 0.208. The normalized spacial score (nSPS) is 11.3. The number of fused-ring (bicyclic) bond motifs is 1. The molecular formula is C24H23Cl2FN4. The first-order valence-electron chi connectivity index (χ1n) is 10.0. The number of imidazole rings is 1. The van der Waals surface area contributed by atoms with E-state index < -0.39 is 0 Å². The maximum absolute atomic E-state index is 14.1. The number of nitrogens with one attached hydrogen (secondary N) is 1. The van der Waals surface area contributed by atoms with Gasteiger partial charge in [-0.15, -0.1) is 0 Å². The lowest BCUT2D eigenvalue weighted by Gasteiger charge is -2.13. The number of nitrogens with zero attached hydrogens (tertiary/aromatic N) is 2. The van der Waals surface area contributed by atoms with E-state index in [1.165, 1.54) is 0 Å². The van der Waals surface area contributed by atoms with Crippen molar-refractivity contribution in [1.82, 2.24) is 9.55 Å². The second kappa shape index (κ2) is 8.87. The monoisotopic (exact) mass is 456 g/mol. The lowest BCUT2D eigenvalue weighted by Crippen LogP contribution is -2.16. The zero-order chi connectivity index (χ0) is 22.1. The zero-order valence-corrected chi connectivity index (χ0v) is 18.9. The summed E-state index contributed by atoms with van der Waals surface area (Å²) in [6, 6.07) is 15.1. The standard InChI is InChI=1S/C24H23Cl2FN4/c1-14-9-16(10-15(2)22(14)27)13-31-21-12-17(25)11-19(18-5-3-4-6-20(18)26)23(21)30-24(31)29-8-7-28/h3-6,9-12H,7-8,13,28H2,1-2H3,(H,29,30). The molecule has 0 atom stereocenters. The molecule has 3 N–H and O–H groups in total. The van der Waals surface area contributed by atoms with Gasteiger partial charge in [0.05, 0.1) is 17.6 Å². The van der Waals surface area contributed by atoms with Crippen molar-refractivity contribution < 1.29 is 4.39 Å². The minimum Gasteiger partial charge on any atom is -0.354 e. The van der Waals surface area contributed by atoms with Crippen molar-refractivity contribution in [3.63, 3.8) is 0 Å². The number of hydrogen-bond donors (Lipinski definition) is 2. The van der Waals surface area contributed by atoms with Gasteiger partial charge in [-0.1, -0.05) is 53.5 Å². The van der Waals surface area contributed by atoms with Crippen LogP contribution in [0, 0.1) is 19.7 Å². The van der Waals surface area contributed by atoms with Crippen molar-refractivity contribution in [3.05, 3.63) is 81.1 Å². The molecule has 4 rings (SSSR count). The first-order valence-corrected chi connectivity index (χ1v) is 10.8. The second-order valence-corrected chi connectivity index (χ2v) is 8.43. The van der Waals surface area contributed by atoms with Crippen LogP contribution < -0.4 is 11.1 Å². The van der Waals surface area contributed by atoms with Gasteiger partial charge in [-0.25, -0.2) is 9.37 Å². The number of benzene rings is 3. The summed E-state index contributed by atoms with van der Waals surface area (Å²) >= 11 is 13.0. The third kappa shape index (κ3) is 4.26. The first kappa shape index (κ1) is 21.6. The number of anilines is 1. The molecule has 7 heteroatoms. The van der Waals surface area contributed by atoms with Gasteiger partial charge in [0.15, 0.2) is 0 Å². The van der Waals surface area contributed by atoms with Crippen molar-refractivity contribution in [3.8, 4) is 11.1 Å². The largest absolute Gasteiger partial charge is 0.354 e. The summed E-state index contributed by atoms with van der Waals surface area (Å²) in [5, 5.41) is 4.51. The van der Waals surface area contributed by atoms with Gasteiger partial charge < -0.3 is 15.6 Å². The maximum atomic E-state index is 14.1. The highest BCUT2D eigenvalue weighted by molar-refractivity contribution is 6.34. The van der Waals surface area contributed by atoms with Crippen LogP contribution >= 0.6 is 23.2 Å². The fourth-order valence-corrected chi connectivity index (χ4v) is 4.31.